The fraction of sp³-hybridized carbons (Fsp3) is 0.133. The average Bonchev–Trinajstić information content (AvgIpc) is 3.04. The summed E-state index contributed by atoms with van der Waals surface area (Å²) in [5, 5.41) is 12.9. The number of hydrogen-bond donors (Lipinski definition) is 1. The lowest BCUT2D eigenvalue weighted by Gasteiger charge is -2.05. The molecule has 1 N–H and O–H groups in total. The number of hydrogen-bond acceptors (Lipinski definition) is 3. The molecule has 0 aliphatic carbocycles. The van der Waals surface area contributed by atoms with Gasteiger partial charge in [0.25, 0.3) is 0 Å². The number of aromatic carboxylic acids is 1. The van der Waals surface area contributed by atoms with E-state index in [0.29, 0.717) is 5.69 Å². The van der Waals surface area contributed by atoms with Crippen LogP contribution in [0.2, 0.25) is 0 Å². The first kappa shape index (κ1) is 13.9. The van der Waals surface area contributed by atoms with Gasteiger partial charge in [0, 0.05) is 26.5 Å². The van der Waals surface area contributed by atoms with Gasteiger partial charge in [0.05, 0.1) is 11.4 Å². The van der Waals surface area contributed by atoms with Gasteiger partial charge < -0.3 is 9.67 Å². The summed E-state index contributed by atoms with van der Waals surface area (Å²) in [5.74, 6) is -1.06. The maximum atomic E-state index is 11.9. The van der Waals surface area contributed by atoms with E-state index in [1.165, 1.54) is 19.9 Å². The monoisotopic (exact) mass is 298 g/mol. The van der Waals surface area contributed by atoms with Crippen LogP contribution in [0.1, 0.15) is 10.5 Å². The van der Waals surface area contributed by atoms with E-state index < -0.39 is 5.97 Å². The minimum Gasteiger partial charge on any atom is -0.476 e. The van der Waals surface area contributed by atoms with Crippen LogP contribution in [0, 0.1) is 0 Å². The van der Waals surface area contributed by atoms with Gasteiger partial charge in [0.1, 0.15) is 0 Å². The standard InChI is InChI=1S/C15H14N4O3/c1-17-7-8-19(15(17)22)11-5-3-10(4-6-11)13-9-12(14(20)21)16-18(13)2/h3-9H,1-2H3,(H,20,21). The molecule has 0 bridgehead atoms. The fourth-order valence-corrected chi connectivity index (χ4v) is 2.30. The summed E-state index contributed by atoms with van der Waals surface area (Å²) in [7, 11) is 3.38. The molecule has 2 aromatic heterocycles. The summed E-state index contributed by atoms with van der Waals surface area (Å²) >= 11 is 0. The maximum Gasteiger partial charge on any atom is 0.356 e. The molecule has 0 fully saturated rings. The summed E-state index contributed by atoms with van der Waals surface area (Å²) in [6.45, 7) is 0. The van der Waals surface area contributed by atoms with Crippen molar-refractivity contribution in [2.75, 3.05) is 0 Å². The lowest BCUT2D eigenvalue weighted by Crippen LogP contribution is -2.20. The Kier molecular flexibility index (Phi) is 3.17. The molecule has 0 aliphatic heterocycles. The third-order valence-corrected chi connectivity index (χ3v) is 3.49. The third kappa shape index (κ3) is 2.22. The quantitative estimate of drug-likeness (QED) is 0.789. The SMILES string of the molecule is Cn1nc(C(=O)O)cc1-c1ccc(-n2ccn(C)c2=O)cc1. The molecule has 2 heterocycles. The van der Waals surface area contributed by atoms with E-state index in [2.05, 4.69) is 5.10 Å². The van der Waals surface area contributed by atoms with Crippen LogP contribution < -0.4 is 5.69 Å². The summed E-state index contributed by atoms with van der Waals surface area (Å²) in [6.07, 6.45) is 3.39. The Hall–Kier alpha value is -3.09. The van der Waals surface area contributed by atoms with E-state index in [1.807, 2.05) is 24.3 Å². The lowest BCUT2D eigenvalue weighted by atomic mass is 10.1. The van der Waals surface area contributed by atoms with Crippen LogP contribution in [0.25, 0.3) is 16.9 Å². The molecule has 22 heavy (non-hydrogen) atoms. The molecule has 0 amide bonds. The normalized spacial score (nSPS) is 10.8. The third-order valence-electron chi connectivity index (χ3n) is 3.49. The average molecular weight is 298 g/mol. The summed E-state index contributed by atoms with van der Waals surface area (Å²) in [5.41, 5.74) is 2.15. The molecule has 0 unspecified atom stereocenters. The van der Waals surface area contributed by atoms with Crippen molar-refractivity contribution in [2.24, 2.45) is 14.1 Å². The predicted octanol–water partition coefficient (Wildman–Crippen LogP) is 1.27. The van der Waals surface area contributed by atoms with Crippen molar-refractivity contribution in [1.82, 2.24) is 18.9 Å². The first-order chi connectivity index (χ1) is 10.5. The largest absolute Gasteiger partial charge is 0.476 e. The van der Waals surface area contributed by atoms with Gasteiger partial charge in [-0.1, -0.05) is 12.1 Å². The van der Waals surface area contributed by atoms with Gasteiger partial charge >= 0.3 is 11.7 Å². The zero-order valence-corrected chi connectivity index (χ0v) is 12.1. The molecule has 0 spiro atoms. The Balaban J connectivity index is 2.00. The van der Waals surface area contributed by atoms with Gasteiger partial charge in [0.15, 0.2) is 5.69 Å². The Labute approximate surface area is 125 Å². The van der Waals surface area contributed by atoms with Crippen molar-refractivity contribution in [1.29, 1.82) is 0 Å². The number of imidazole rings is 1. The number of nitrogens with zero attached hydrogens (tertiary/aromatic N) is 4. The molecular weight excluding hydrogens is 284 g/mol. The summed E-state index contributed by atoms with van der Waals surface area (Å²) in [4.78, 5) is 22.9. The number of aromatic nitrogens is 4. The minimum atomic E-state index is -1.06. The molecule has 0 radical (unpaired) electrons. The van der Waals surface area contributed by atoms with E-state index in [0.717, 1.165) is 11.3 Å². The van der Waals surface area contributed by atoms with Gasteiger partial charge in [-0.15, -0.1) is 0 Å². The van der Waals surface area contributed by atoms with Crippen LogP contribution >= 0.6 is 0 Å². The van der Waals surface area contributed by atoms with E-state index >= 15 is 0 Å². The molecule has 0 saturated carbocycles. The number of carboxylic acids is 1. The number of carbonyl (C=O) groups is 1. The Morgan fingerprint density at radius 3 is 2.32 bits per heavy atom. The molecule has 0 aliphatic rings. The predicted molar refractivity (Wildman–Crippen MR) is 80.2 cm³/mol. The zero-order valence-electron chi connectivity index (χ0n) is 12.1. The number of carboxylic acid groups (broad SMARTS) is 1. The van der Waals surface area contributed by atoms with Crippen LogP contribution in [0.15, 0.2) is 47.5 Å². The van der Waals surface area contributed by atoms with E-state index in [4.69, 9.17) is 5.11 Å². The van der Waals surface area contributed by atoms with Gasteiger partial charge in [0.2, 0.25) is 0 Å². The maximum absolute atomic E-state index is 11.9. The van der Waals surface area contributed by atoms with Crippen molar-refractivity contribution in [2.45, 2.75) is 0 Å². The van der Waals surface area contributed by atoms with Crippen molar-refractivity contribution in [3.8, 4) is 16.9 Å². The van der Waals surface area contributed by atoms with E-state index in [9.17, 15) is 9.59 Å². The summed E-state index contributed by atoms with van der Waals surface area (Å²) < 4.78 is 4.55. The van der Waals surface area contributed by atoms with Crippen molar-refractivity contribution >= 4 is 5.97 Å². The number of rotatable bonds is 3. The smallest absolute Gasteiger partial charge is 0.356 e. The Morgan fingerprint density at radius 2 is 1.82 bits per heavy atom. The van der Waals surface area contributed by atoms with Crippen LogP contribution in [0.5, 0.6) is 0 Å². The van der Waals surface area contributed by atoms with Crippen LogP contribution in [0.4, 0.5) is 0 Å². The fourth-order valence-electron chi connectivity index (χ4n) is 2.30. The molecule has 0 saturated heterocycles. The number of aryl methyl sites for hydroxylation is 2. The molecule has 7 nitrogen and oxygen atoms in total. The molecule has 3 aromatic rings. The van der Waals surface area contributed by atoms with Crippen molar-refractivity contribution < 1.29 is 9.90 Å². The highest BCUT2D eigenvalue weighted by Crippen LogP contribution is 2.21. The van der Waals surface area contributed by atoms with Crippen LogP contribution in [-0.2, 0) is 14.1 Å². The zero-order chi connectivity index (χ0) is 15.9. The molecule has 0 atom stereocenters. The second-order valence-corrected chi connectivity index (χ2v) is 4.95. The van der Waals surface area contributed by atoms with Gasteiger partial charge in [-0.25, -0.2) is 9.59 Å². The first-order valence-corrected chi connectivity index (χ1v) is 6.59. The molecule has 112 valence electrons. The highest BCUT2D eigenvalue weighted by atomic mass is 16.4. The molecule has 3 rings (SSSR count). The van der Waals surface area contributed by atoms with Crippen molar-refractivity contribution in [3.63, 3.8) is 0 Å². The number of benzene rings is 1. The lowest BCUT2D eigenvalue weighted by molar-refractivity contribution is 0.0689. The highest BCUT2D eigenvalue weighted by molar-refractivity contribution is 5.87. The van der Waals surface area contributed by atoms with Crippen molar-refractivity contribution in [3.05, 3.63) is 58.9 Å². The first-order valence-electron chi connectivity index (χ1n) is 6.59. The van der Waals surface area contributed by atoms with E-state index in [-0.39, 0.29) is 11.4 Å². The molecular formula is C15H14N4O3. The van der Waals surface area contributed by atoms with E-state index in [1.54, 1.807) is 26.5 Å². The molecule has 7 heteroatoms. The minimum absolute atomic E-state index is 0.000792. The van der Waals surface area contributed by atoms with Gasteiger partial charge in [-0.05, 0) is 23.8 Å². The second-order valence-electron chi connectivity index (χ2n) is 4.95. The molecule has 1 aromatic carbocycles. The topological polar surface area (TPSA) is 82.1 Å². The highest BCUT2D eigenvalue weighted by Gasteiger charge is 2.12. The van der Waals surface area contributed by atoms with Gasteiger partial charge in [-0.3, -0.25) is 9.25 Å². The second kappa shape index (κ2) is 5.03. The Bertz CT molecular complexity index is 900. The summed E-state index contributed by atoms with van der Waals surface area (Å²) in [6, 6.07) is 8.80. The Morgan fingerprint density at radius 1 is 1.14 bits per heavy atom. The van der Waals surface area contributed by atoms with Crippen LogP contribution in [0.3, 0.4) is 0 Å². The van der Waals surface area contributed by atoms with Crippen LogP contribution in [-0.4, -0.2) is 30.0 Å². The van der Waals surface area contributed by atoms with Gasteiger partial charge in [-0.2, -0.15) is 5.10 Å².